The van der Waals surface area contributed by atoms with Gasteiger partial charge in [-0.25, -0.2) is 0 Å². The maximum atomic E-state index is 2.54. The first-order valence-electron chi connectivity index (χ1n) is 4.91. The van der Waals surface area contributed by atoms with E-state index in [-0.39, 0.29) is 0 Å². The molecule has 1 heterocycles. The van der Waals surface area contributed by atoms with Gasteiger partial charge in [-0.3, -0.25) is 0 Å². The van der Waals surface area contributed by atoms with Crippen LogP contribution in [-0.2, 0) is 0 Å². The van der Waals surface area contributed by atoms with Gasteiger partial charge < -0.3 is 5.32 Å². The highest BCUT2D eigenvalue weighted by Gasteiger charge is 2.22. The summed E-state index contributed by atoms with van der Waals surface area (Å²) in [5.41, 5.74) is 0.526. The van der Waals surface area contributed by atoms with Gasteiger partial charge in [0, 0.05) is 6.42 Å². The van der Waals surface area contributed by atoms with Crippen LogP contribution in [0.1, 0.15) is 46.5 Å². The largest absolute Gasteiger partial charge is 0.344 e. The van der Waals surface area contributed by atoms with Crippen molar-refractivity contribution in [1.29, 1.82) is 0 Å². The molecule has 0 aromatic carbocycles. The summed E-state index contributed by atoms with van der Waals surface area (Å²) in [4.78, 5) is 0. The van der Waals surface area contributed by atoms with Crippen LogP contribution in [0.4, 0.5) is 0 Å². The first-order valence-corrected chi connectivity index (χ1v) is 4.91. The molecular formula is C10H22N+. The van der Waals surface area contributed by atoms with Crippen molar-refractivity contribution in [2.45, 2.75) is 52.5 Å². The topological polar surface area (TPSA) is 16.6 Å². The lowest BCUT2D eigenvalue weighted by atomic mass is 9.85. The van der Waals surface area contributed by atoms with Crippen molar-refractivity contribution in [3.05, 3.63) is 0 Å². The molecule has 0 bridgehead atoms. The molecule has 1 rings (SSSR count). The Hall–Kier alpha value is -0.0400. The molecule has 1 nitrogen and oxygen atoms in total. The van der Waals surface area contributed by atoms with Crippen LogP contribution in [0.3, 0.4) is 0 Å². The van der Waals surface area contributed by atoms with Gasteiger partial charge in [-0.2, -0.15) is 0 Å². The van der Waals surface area contributed by atoms with Crippen LogP contribution < -0.4 is 5.32 Å². The van der Waals surface area contributed by atoms with Gasteiger partial charge in [0.25, 0.3) is 0 Å². The summed E-state index contributed by atoms with van der Waals surface area (Å²) in [6.45, 7) is 8.39. The van der Waals surface area contributed by atoms with Crippen LogP contribution in [-0.4, -0.2) is 12.6 Å². The maximum absolute atomic E-state index is 2.54. The van der Waals surface area contributed by atoms with Crippen molar-refractivity contribution in [1.82, 2.24) is 0 Å². The Kier molecular flexibility index (Phi) is 2.94. The van der Waals surface area contributed by atoms with Crippen molar-refractivity contribution in [2.75, 3.05) is 6.54 Å². The fraction of sp³-hybridized carbons (Fsp3) is 1.00. The highest BCUT2D eigenvalue weighted by Crippen LogP contribution is 2.22. The summed E-state index contributed by atoms with van der Waals surface area (Å²) in [6.07, 6.45) is 5.71. The molecule has 1 heteroatoms. The molecule has 1 atom stereocenters. The fourth-order valence-electron chi connectivity index (χ4n) is 1.99. The zero-order valence-corrected chi connectivity index (χ0v) is 8.19. The molecule has 0 saturated carbocycles. The van der Waals surface area contributed by atoms with Gasteiger partial charge in [-0.05, 0) is 24.7 Å². The van der Waals surface area contributed by atoms with Gasteiger partial charge in [-0.15, -0.1) is 0 Å². The van der Waals surface area contributed by atoms with E-state index in [1.165, 1.54) is 32.2 Å². The monoisotopic (exact) mass is 156 g/mol. The zero-order valence-electron chi connectivity index (χ0n) is 8.19. The highest BCUT2D eigenvalue weighted by molar-refractivity contribution is 4.69. The van der Waals surface area contributed by atoms with Gasteiger partial charge in [0.1, 0.15) is 0 Å². The van der Waals surface area contributed by atoms with Crippen LogP contribution in [0.15, 0.2) is 0 Å². The Morgan fingerprint density at radius 3 is 2.45 bits per heavy atom. The zero-order chi connectivity index (χ0) is 8.32. The smallest absolute Gasteiger partial charge is 0.0864 e. The van der Waals surface area contributed by atoms with E-state index in [1.807, 2.05) is 0 Å². The number of nitrogens with two attached hydrogens (primary N) is 1. The Morgan fingerprint density at radius 2 is 2.00 bits per heavy atom. The number of hydrogen-bond donors (Lipinski definition) is 1. The highest BCUT2D eigenvalue weighted by atomic mass is 14.9. The van der Waals surface area contributed by atoms with Crippen LogP contribution in [0.2, 0.25) is 0 Å². The molecule has 11 heavy (non-hydrogen) atoms. The molecule has 1 aliphatic heterocycles. The molecule has 0 radical (unpaired) electrons. The minimum absolute atomic E-state index is 0.526. The summed E-state index contributed by atoms with van der Waals surface area (Å²) in [6, 6.07) is 0.920. The van der Waals surface area contributed by atoms with E-state index in [9.17, 15) is 0 Å². The fourth-order valence-corrected chi connectivity index (χ4v) is 1.99. The average molecular weight is 156 g/mol. The summed E-state index contributed by atoms with van der Waals surface area (Å²) in [7, 11) is 0. The summed E-state index contributed by atoms with van der Waals surface area (Å²) >= 11 is 0. The van der Waals surface area contributed by atoms with E-state index in [1.54, 1.807) is 0 Å². The molecule has 0 aliphatic carbocycles. The molecule has 0 amide bonds. The maximum Gasteiger partial charge on any atom is 0.0864 e. The van der Waals surface area contributed by atoms with E-state index < -0.39 is 0 Å². The molecule has 0 spiro atoms. The minimum atomic E-state index is 0.526. The Morgan fingerprint density at radius 1 is 1.27 bits per heavy atom. The second kappa shape index (κ2) is 3.57. The normalized spacial score (nSPS) is 27.0. The van der Waals surface area contributed by atoms with E-state index in [4.69, 9.17) is 0 Å². The minimum Gasteiger partial charge on any atom is -0.344 e. The second-order valence-electron chi connectivity index (χ2n) is 5.05. The number of quaternary nitrogens is 1. The third-order valence-electron chi connectivity index (χ3n) is 2.40. The predicted molar refractivity (Wildman–Crippen MR) is 48.5 cm³/mol. The molecule has 1 unspecified atom stereocenters. The molecule has 2 N–H and O–H groups in total. The standard InChI is InChI=1S/C10H21N/c1-10(2,3)8-9-6-4-5-7-11-9/h9,11H,4-8H2,1-3H3/p+1. The van der Waals surface area contributed by atoms with E-state index in [2.05, 4.69) is 26.1 Å². The predicted octanol–water partition coefficient (Wildman–Crippen LogP) is 1.54. The van der Waals surface area contributed by atoms with E-state index >= 15 is 0 Å². The summed E-state index contributed by atoms with van der Waals surface area (Å²) in [5, 5.41) is 2.54. The SMILES string of the molecule is CC(C)(C)CC1CCCC[NH2+]1. The van der Waals surface area contributed by atoms with Crippen molar-refractivity contribution in [2.24, 2.45) is 5.41 Å². The number of hydrogen-bond acceptors (Lipinski definition) is 0. The Labute approximate surface area is 70.6 Å². The lowest BCUT2D eigenvalue weighted by molar-refractivity contribution is -0.699. The van der Waals surface area contributed by atoms with Gasteiger partial charge in [-0.1, -0.05) is 20.8 Å². The van der Waals surface area contributed by atoms with Gasteiger partial charge >= 0.3 is 0 Å². The lowest BCUT2D eigenvalue weighted by Crippen LogP contribution is -2.91. The Bertz CT molecular complexity index is 107. The van der Waals surface area contributed by atoms with E-state index in [0.29, 0.717) is 5.41 Å². The van der Waals surface area contributed by atoms with Crippen molar-refractivity contribution in [3.63, 3.8) is 0 Å². The summed E-state index contributed by atoms with van der Waals surface area (Å²) < 4.78 is 0. The third-order valence-corrected chi connectivity index (χ3v) is 2.40. The number of rotatable bonds is 1. The molecule has 66 valence electrons. The molecule has 0 aromatic rings. The van der Waals surface area contributed by atoms with Crippen LogP contribution >= 0.6 is 0 Å². The summed E-state index contributed by atoms with van der Waals surface area (Å²) in [5.74, 6) is 0. The van der Waals surface area contributed by atoms with Crippen molar-refractivity contribution >= 4 is 0 Å². The Balaban J connectivity index is 2.24. The number of piperidine rings is 1. The van der Waals surface area contributed by atoms with Crippen molar-refractivity contribution < 1.29 is 5.32 Å². The van der Waals surface area contributed by atoms with Gasteiger partial charge in [0.2, 0.25) is 0 Å². The van der Waals surface area contributed by atoms with Crippen LogP contribution in [0.25, 0.3) is 0 Å². The van der Waals surface area contributed by atoms with E-state index in [0.717, 1.165) is 6.04 Å². The molecule has 1 fully saturated rings. The first-order chi connectivity index (χ1) is 5.08. The average Bonchev–Trinajstić information content (AvgIpc) is 1.85. The first kappa shape index (κ1) is 9.05. The van der Waals surface area contributed by atoms with Crippen molar-refractivity contribution in [3.8, 4) is 0 Å². The van der Waals surface area contributed by atoms with Gasteiger partial charge in [0.05, 0.1) is 12.6 Å². The van der Waals surface area contributed by atoms with Gasteiger partial charge in [0.15, 0.2) is 0 Å². The molecule has 0 aromatic heterocycles. The molecule has 1 saturated heterocycles. The van der Waals surface area contributed by atoms with Crippen LogP contribution in [0, 0.1) is 5.41 Å². The lowest BCUT2D eigenvalue weighted by Gasteiger charge is -2.27. The molecular weight excluding hydrogens is 134 g/mol. The second-order valence-corrected chi connectivity index (χ2v) is 5.05. The molecule has 1 aliphatic rings. The quantitative estimate of drug-likeness (QED) is 0.593. The third kappa shape index (κ3) is 3.76. The van der Waals surface area contributed by atoms with Crippen LogP contribution in [0.5, 0.6) is 0 Å².